The van der Waals surface area contributed by atoms with Crippen molar-refractivity contribution in [2.45, 2.75) is 51.5 Å². The van der Waals surface area contributed by atoms with Crippen LogP contribution in [-0.2, 0) is 9.31 Å². The van der Waals surface area contributed by atoms with Crippen LogP contribution >= 0.6 is 0 Å². The van der Waals surface area contributed by atoms with E-state index in [1.54, 1.807) is 33.8 Å². The molecule has 1 aliphatic heterocycles. The van der Waals surface area contributed by atoms with Crippen LogP contribution in [0.3, 0.4) is 0 Å². The summed E-state index contributed by atoms with van der Waals surface area (Å²) >= 11 is 0. The van der Waals surface area contributed by atoms with Gasteiger partial charge in [0.15, 0.2) is 11.5 Å². The molecule has 27 heavy (non-hydrogen) atoms. The quantitative estimate of drug-likeness (QED) is 0.508. The first kappa shape index (κ1) is 21.6. The van der Waals surface area contributed by atoms with E-state index in [1.165, 1.54) is 19.2 Å². The third-order valence-electron chi connectivity index (χ3n) is 4.63. The Bertz CT molecular complexity index is 685. The van der Waals surface area contributed by atoms with Crippen LogP contribution < -0.4 is 9.47 Å². The Balaban J connectivity index is 2.26. The van der Waals surface area contributed by atoms with Gasteiger partial charge in [0.25, 0.3) is 0 Å². The van der Waals surface area contributed by atoms with E-state index in [2.05, 4.69) is 0 Å². The van der Waals surface area contributed by atoms with Gasteiger partial charge in [-0.3, -0.25) is 0 Å². The zero-order valence-corrected chi connectivity index (χ0v) is 15.9. The lowest BCUT2D eigenvalue weighted by atomic mass is 9.86. The first-order valence-corrected chi connectivity index (χ1v) is 8.45. The molecule has 1 saturated heterocycles. The van der Waals surface area contributed by atoms with Crippen LogP contribution in [0.25, 0.3) is 6.08 Å². The van der Waals surface area contributed by atoms with E-state index in [0.717, 1.165) is 6.08 Å². The first-order valence-electron chi connectivity index (χ1n) is 8.45. The van der Waals surface area contributed by atoms with Crippen molar-refractivity contribution in [1.82, 2.24) is 0 Å². The number of rotatable bonds is 6. The van der Waals surface area contributed by atoms with Gasteiger partial charge in [0.05, 0.1) is 31.3 Å². The van der Waals surface area contributed by atoms with Crippen LogP contribution in [0.15, 0.2) is 23.9 Å². The number of alkyl halides is 3. The summed E-state index contributed by atoms with van der Waals surface area (Å²) in [6.07, 6.45) is -4.37. The van der Waals surface area contributed by atoms with Crippen molar-refractivity contribution >= 4 is 13.2 Å². The number of methoxy groups -OCH3 is 1. The Hall–Kier alpha value is -1.74. The molecule has 0 aliphatic carbocycles. The first-order chi connectivity index (χ1) is 12.4. The smallest absolute Gasteiger partial charge is 0.493 e. The van der Waals surface area contributed by atoms with E-state index in [1.807, 2.05) is 0 Å². The molecule has 0 N–H and O–H groups in total. The number of benzene rings is 1. The highest BCUT2D eigenvalue weighted by molar-refractivity contribution is 6.54. The summed E-state index contributed by atoms with van der Waals surface area (Å²) in [5, 5.41) is 0. The minimum Gasteiger partial charge on any atom is -0.493 e. The van der Waals surface area contributed by atoms with Crippen LogP contribution in [-0.4, -0.2) is 38.2 Å². The fraction of sp³-hybridized carbons (Fsp3) is 0.556. The van der Waals surface area contributed by atoms with E-state index >= 15 is 0 Å². The molecule has 9 heteroatoms. The molecule has 0 saturated carbocycles. The highest BCUT2D eigenvalue weighted by Crippen LogP contribution is 2.40. The van der Waals surface area contributed by atoms with Gasteiger partial charge in [-0.1, -0.05) is 12.1 Å². The molecule has 1 aromatic rings. The summed E-state index contributed by atoms with van der Waals surface area (Å²) < 4.78 is 73.5. The average molecular weight is 390 g/mol. The molecular formula is C18H23BF4O4. The highest BCUT2D eigenvalue weighted by Gasteiger charge is 2.53. The van der Waals surface area contributed by atoms with Crippen molar-refractivity contribution in [3.8, 4) is 11.5 Å². The fourth-order valence-corrected chi connectivity index (χ4v) is 2.40. The van der Waals surface area contributed by atoms with E-state index < -0.39 is 43.3 Å². The van der Waals surface area contributed by atoms with Gasteiger partial charge >= 0.3 is 13.3 Å². The van der Waals surface area contributed by atoms with Gasteiger partial charge in [0.1, 0.15) is 5.73 Å². The predicted octanol–water partition coefficient (Wildman–Crippen LogP) is 4.97. The molecule has 1 fully saturated rings. The van der Waals surface area contributed by atoms with Crippen molar-refractivity contribution in [3.63, 3.8) is 0 Å². The molecule has 0 bridgehead atoms. The number of hydrogen-bond donors (Lipinski definition) is 0. The fourth-order valence-electron chi connectivity index (χ4n) is 2.40. The second-order valence-corrected chi connectivity index (χ2v) is 7.21. The normalized spacial score (nSPS) is 19.3. The van der Waals surface area contributed by atoms with Crippen molar-refractivity contribution < 1.29 is 36.3 Å². The van der Waals surface area contributed by atoms with E-state index in [4.69, 9.17) is 18.8 Å². The summed E-state index contributed by atoms with van der Waals surface area (Å²) in [5.41, 5.74) is -1.93. The van der Waals surface area contributed by atoms with Gasteiger partial charge in [-0.25, -0.2) is 4.39 Å². The molecule has 4 nitrogen and oxygen atoms in total. The monoisotopic (exact) mass is 390 g/mol. The summed E-state index contributed by atoms with van der Waals surface area (Å²) in [4.78, 5) is 0. The topological polar surface area (TPSA) is 36.9 Å². The van der Waals surface area contributed by atoms with Gasteiger partial charge < -0.3 is 18.8 Å². The Morgan fingerprint density at radius 3 is 2.26 bits per heavy atom. The number of hydrogen-bond acceptors (Lipinski definition) is 4. The number of ether oxygens (including phenoxy) is 2. The molecule has 0 aromatic heterocycles. The number of para-hydroxylation sites is 1. The predicted molar refractivity (Wildman–Crippen MR) is 94.3 cm³/mol. The van der Waals surface area contributed by atoms with Gasteiger partial charge in [-0.15, -0.1) is 0 Å². The Morgan fingerprint density at radius 1 is 1.15 bits per heavy atom. The highest BCUT2D eigenvalue weighted by atomic mass is 19.4. The minimum atomic E-state index is -4.36. The zero-order chi connectivity index (χ0) is 20.5. The maximum atomic E-state index is 14.7. The summed E-state index contributed by atoms with van der Waals surface area (Å²) in [7, 11) is 0.133. The average Bonchev–Trinajstić information content (AvgIpc) is 2.75. The van der Waals surface area contributed by atoms with Gasteiger partial charge in [-0.2, -0.15) is 13.2 Å². The molecule has 1 aromatic carbocycles. The van der Waals surface area contributed by atoms with Crippen molar-refractivity contribution in [2.24, 2.45) is 0 Å². The number of halogens is 4. The van der Waals surface area contributed by atoms with Crippen molar-refractivity contribution in [3.05, 3.63) is 29.5 Å². The lowest BCUT2D eigenvalue weighted by Crippen LogP contribution is -2.41. The third kappa shape index (κ3) is 5.16. The van der Waals surface area contributed by atoms with Crippen LogP contribution in [0.4, 0.5) is 17.6 Å². The van der Waals surface area contributed by atoms with Crippen molar-refractivity contribution in [2.75, 3.05) is 13.7 Å². The second-order valence-electron chi connectivity index (χ2n) is 7.21. The van der Waals surface area contributed by atoms with E-state index in [9.17, 15) is 17.6 Å². The lowest BCUT2D eigenvalue weighted by Gasteiger charge is -2.32. The summed E-state index contributed by atoms with van der Waals surface area (Å²) in [5.74, 6) is 0.226. The van der Waals surface area contributed by atoms with Crippen LogP contribution in [0.1, 0.15) is 39.7 Å². The molecule has 2 rings (SSSR count). The molecular weight excluding hydrogens is 367 g/mol. The van der Waals surface area contributed by atoms with Crippen LogP contribution in [0.5, 0.6) is 11.5 Å². The molecule has 0 atom stereocenters. The van der Waals surface area contributed by atoms with Crippen molar-refractivity contribution in [1.29, 1.82) is 0 Å². The molecule has 0 unspecified atom stereocenters. The SMILES string of the molecule is COc1cccc(C=C(F)B2OC(C)(C)C(C)(C)O2)c1OCCC(F)(F)F. The Morgan fingerprint density at radius 2 is 1.74 bits per heavy atom. The van der Waals surface area contributed by atoms with Gasteiger partial charge in [-0.05, 0) is 39.8 Å². The van der Waals surface area contributed by atoms with Gasteiger partial charge in [0, 0.05) is 5.56 Å². The summed E-state index contributed by atoms with van der Waals surface area (Å²) in [6.45, 7) is 6.55. The third-order valence-corrected chi connectivity index (χ3v) is 4.63. The Kier molecular flexibility index (Phi) is 6.16. The molecule has 0 radical (unpaired) electrons. The van der Waals surface area contributed by atoms with E-state index in [-0.39, 0.29) is 17.1 Å². The maximum absolute atomic E-state index is 14.7. The maximum Gasteiger partial charge on any atom is 0.525 e. The lowest BCUT2D eigenvalue weighted by molar-refractivity contribution is -0.139. The standard InChI is InChI=1S/C18H23BF4O4/c1-16(2)17(3,4)27-19(26-16)14(20)11-12-7-6-8-13(24-5)15(12)25-10-9-18(21,22)23/h6-8,11H,9-10H2,1-5H3. The zero-order valence-electron chi connectivity index (χ0n) is 15.9. The molecule has 0 amide bonds. The van der Waals surface area contributed by atoms with Crippen LogP contribution in [0.2, 0.25) is 0 Å². The van der Waals surface area contributed by atoms with E-state index in [0.29, 0.717) is 0 Å². The van der Waals surface area contributed by atoms with Crippen LogP contribution in [0, 0.1) is 0 Å². The molecule has 150 valence electrons. The van der Waals surface area contributed by atoms with Gasteiger partial charge in [0.2, 0.25) is 0 Å². The molecule has 1 heterocycles. The summed E-state index contributed by atoms with van der Waals surface area (Å²) in [6, 6.07) is 4.61. The minimum absolute atomic E-state index is 0.0240. The largest absolute Gasteiger partial charge is 0.525 e. The Labute approximate surface area is 156 Å². The molecule has 0 spiro atoms. The second kappa shape index (κ2) is 7.71. The molecule has 1 aliphatic rings.